The zero-order chi connectivity index (χ0) is 32.6. The van der Waals surface area contributed by atoms with Crippen molar-refractivity contribution in [3.63, 3.8) is 0 Å². The molecule has 3 amide bonds. The number of carbonyl (C=O) groups is 2. The molecule has 4 atom stereocenters. The van der Waals surface area contributed by atoms with Gasteiger partial charge in [-0.05, 0) is 66.9 Å². The molecule has 3 aliphatic rings. The van der Waals surface area contributed by atoms with Crippen LogP contribution < -0.4 is 26.4 Å². The molecule has 0 radical (unpaired) electrons. The predicted molar refractivity (Wildman–Crippen MR) is 147 cm³/mol. The second kappa shape index (κ2) is 10.8. The summed E-state index contributed by atoms with van der Waals surface area (Å²) in [6, 6.07) is 1.05. The molecule has 3 aromatic rings. The first-order valence-electron chi connectivity index (χ1n) is 13.5. The summed E-state index contributed by atoms with van der Waals surface area (Å²) in [7, 11) is 0. The molecule has 238 valence electrons. The highest BCUT2D eigenvalue weighted by atomic mass is 35.5. The molecule has 3 aromatic carbocycles. The minimum absolute atomic E-state index is 0.0122. The molecule has 3 aliphatic heterocycles. The summed E-state index contributed by atoms with van der Waals surface area (Å²) >= 11 is 6.38. The van der Waals surface area contributed by atoms with E-state index in [1.165, 1.54) is 24.0 Å². The smallest absolute Gasteiger partial charge is 0.327 e. The number of halogens is 9. The molecule has 16 heteroatoms. The van der Waals surface area contributed by atoms with Crippen molar-refractivity contribution >= 4 is 34.9 Å². The normalized spacial score (nSPS) is 22.8. The number of carbonyl (C=O) groups excluding carboxylic acids is 2. The lowest BCUT2D eigenvalue weighted by atomic mass is 9.80. The molecule has 0 saturated carbocycles. The van der Waals surface area contributed by atoms with Gasteiger partial charge in [-0.3, -0.25) is 15.1 Å². The molecule has 0 aromatic heterocycles. The van der Waals surface area contributed by atoms with E-state index in [1.54, 1.807) is 0 Å². The molecule has 1 fully saturated rings. The molecular formula is C29H22ClF8N5O2. The molecule has 7 nitrogen and oxygen atoms in total. The van der Waals surface area contributed by atoms with Crippen LogP contribution in [0.1, 0.15) is 57.1 Å². The first kappa shape index (κ1) is 31.0. The average molecular weight is 660 g/mol. The SMILES string of the molecule is CC1NNC(C(F)(F)F)C1c1cc(NC(=O)c2cc(F)cc(C(F)(F)F)c2)c2c3c1CCN3C(=O)NC2c1cc(F)ccc1Cl. The van der Waals surface area contributed by atoms with Gasteiger partial charge in [0.15, 0.2) is 0 Å². The van der Waals surface area contributed by atoms with Gasteiger partial charge in [0.1, 0.15) is 17.7 Å². The van der Waals surface area contributed by atoms with Gasteiger partial charge < -0.3 is 10.6 Å². The minimum Gasteiger partial charge on any atom is -0.327 e. The maximum absolute atomic E-state index is 14.4. The topological polar surface area (TPSA) is 85.5 Å². The number of hydrogen-bond donors (Lipinski definition) is 4. The summed E-state index contributed by atoms with van der Waals surface area (Å²) in [6.07, 6.45) is -9.58. The Morgan fingerprint density at radius 3 is 2.40 bits per heavy atom. The van der Waals surface area contributed by atoms with Crippen LogP contribution in [0.2, 0.25) is 5.02 Å². The Labute approximate surface area is 254 Å². The number of anilines is 2. The van der Waals surface area contributed by atoms with Gasteiger partial charge in [0, 0.05) is 45.9 Å². The summed E-state index contributed by atoms with van der Waals surface area (Å²) in [6.45, 7) is 1.56. The van der Waals surface area contributed by atoms with Crippen molar-refractivity contribution in [3.05, 3.63) is 92.5 Å². The van der Waals surface area contributed by atoms with Crippen molar-refractivity contribution in [1.29, 1.82) is 0 Å². The van der Waals surface area contributed by atoms with Crippen LogP contribution in [-0.4, -0.2) is 36.7 Å². The van der Waals surface area contributed by atoms with Gasteiger partial charge in [0.25, 0.3) is 5.91 Å². The van der Waals surface area contributed by atoms with E-state index >= 15 is 0 Å². The highest BCUT2D eigenvalue weighted by Crippen LogP contribution is 2.51. The molecule has 0 bridgehead atoms. The molecule has 1 saturated heterocycles. The first-order chi connectivity index (χ1) is 21.0. The van der Waals surface area contributed by atoms with Crippen molar-refractivity contribution in [2.75, 3.05) is 16.8 Å². The highest BCUT2D eigenvalue weighted by Gasteiger charge is 2.52. The number of nitrogens with one attached hydrogen (secondary N) is 4. The Balaban J connectivity index is 1.58. The van der Waals surface area contributed by atoms with E-state index in [1.807, 2.05) is 0 Å². The fourth-order valence-corrected chi connectivity index (χ4v) is 6.52. The molecule has 6 rings (SSSR count). The summed E-state index contributed by atoms with van der Waals surface area (Å²) in [5.74, 6) is -4.56. The van der Waals surface area contributed by atoms with Crippen molar-refractivity contribution in [2.45, 2.75) is 49.7 Å². The van der Waals surface area contributed by atoms with Crippen molar-refractivity contribution in [2.24, 2.45) is 0 Å². The number of alkyl halides is 6. The largest absolute Gasteiger partial charge is 0.416 e. The molecule has 3 heterocycles. The van der Waals surface area contributed by atoms with Gasteiger partial charge in [0.2, 0.25) is 0 Å². The van der Waals surface area contributed by atoms with E-state index in [4.69, 9.17) is 11.6 Å². The Morgan fingerprint density at radius 1 is 0.978 bits per heavy atom. The van der Waals surface area contributed by atoms with E-state index < -0.39 is 71.1 Å². The number of rotatable bonds is 4. The van der Waals surface area contributed by atoms with Gasteiger partial charge in [-0.1, -0.05) is 11.6 Å². The molecular weight excluding hydrogens is 638 g/mol. The van der Waals surface area contributed by atoms with Crippen LogP contribution in [0, 0.1) is 11.6 Å². The number of nitrogens with zero attached hydrogens (tertiary/aromatic N) is 1. The quantitative estimate of drug-likeness (QED) is 0.239. The Hall–Kier alpha value is -3.95. The average Bonchev–Trinajstić information content (AvgIpc) is 3.57. The highest BCUT2D eigenvalue weighted by molar-refractivity contribution is 6.31. The molecule has 0 spiro atoms. The van der Waals surface area contributed by atoms with Crippen LogP contribution in [0.5, 0.6) is 0 Å². The standard InChI is InChI=1S/C29H22ClF8N5O2/c1-11-21(25(42-41-11)29(36,37)38)17-10-20(39-26(44)12-6-13(28(33,34)35)8-15(32)7-12)22-23(18-9-14(31)2-3-19(18)30)40-27(45)43-5-4-16(17)24(22)43/h2-3,6-11,21,23,25,41-42H,4-5H2,1H3,(H,39,44)(H,40,45). The number of benzene rings is 3. The van der Waals surface area contributed by atoms with Crippen molar-refractivity contribution < 1.29 is 44.7 Å². The van der Waals surface area contributed by atoms with Crippen molar-refractivity contribution in [3.8, 4) is 0 Å². The fraction of sp³-hybridized carbons (Fsp3) is 0.310. The second-order valence-electron chi connectivity index (χ2n) is 11.0. The van der Waals surface area contributed by atoms with Crippen LogP contribution in [0.25, 0.3) is 0 Å². The summed E-state index contributed by atoms with van der Waals surface area (Å²) < 4.78 is 111. The predicted octanol–water partition coefficient (Wildman–Crippen LogP) is 6.58. The third-order valence-electron chi connectivity index (χ3n) is 8.22. The lowest BCUT2D eigenvalue weighted by molar-refractivity contribution is -0.156. The number of hydrazine groups is 1. The Kier molecular flexibility index (Phi) is 7.48. The number of amides is 3. The third kappa shape index (κ3) is 5.46. The molecule has 4 N–H and O–H groups in total. The van der Waals surface area contributed by atoms with Gasteiger partial charge in [-0.25, -0.2) is 19.0 Å². The first-order valence-corrected chi connectivity index (χ1v) is 13.9. The van der Waals surface area contributed by atoms with Crippen LogP contribution in [0.4, 0.5) is 51.3 Å². The third-order valence-corrected chi connectivity index (χ3v) is 8.56. The van der Waals surface area contributed by atoms with Crippen LogP contribution in [0.15, 0.2) is 42.5 Å². The van der Waals surface area contributed by atoms with Gasteiger partial charge in [-0.15, -0.1) is 0 Å². The Morgan fingerprint density at radius 2 is 1.71 bits per heavy atom. The van der Waals surface area contributed by atoms with Crippen LogP contribution >= 0.6 is 11.6 Å². The minimum atomic E-state index is -4.99. The zero-order valence-corrected chi connectivity index (χ0v) is 23.7. The van der Waals surface area contributed by atoms with E-state index in [-0.39, 0.29) is 52.1 Å². The lowest BCUT2D eigenvalue weighted by Crippen LogP contribution is -2.46. The van der Waals surface area contributed by atoms with E-state index in [0.29, 0.717) is 17.7 Å². The van der Waals surface area contributed by atoms with Gasteiger partial charge >= 0.3 is 18.4 Å². The second-order valence-corrected chi connectivity index (χ2v) is 11.4. The molecule has 0 aliphatic carbocycles. The molecule has 4 unspecified atom stereocenters. The van der Waals surface area contributed by atoms with Crippen LogP contribution in [0.3, 0.4) is 0 Å². The zero-order valence-electron chi connectivity index (χ0n) is 22.9. The maximum atomic E-state index is 14.4. The maximum Gasteiger partial charge on any atom is 0.416 e. The lowest BCUT2D eigenvalue weighted by Gasteiger charge is -2.36. The van der Waals surface area contributed by atoms with E-state index in [9.17, 15) is 44.7 Å². The van der Waals surface area contributed by atoms with E-state index in [2.05, 4.69) is 21.5 Å². The number of hydrogen-bond acceptors (Lipinski definition) is 4. The van der Waals surface area contributed by atoms with Crippen LogP contribution in [-0.2, 0) is 12.6 Å². The summed E-state index contributed by atoms with van der Waals surface area (Å²) in [4.78, 5) is 28.0. The fourth-order valence-electron chi connectivity index (χ4n) is 6.30. The number of urea groups is 1. The monoisotopic (exact) mass is 659 g/mol. The van der Waals surface area contributed by atoms with Gasteiger partial charge in [-0.2, -0.15) is 26.3 Å². The molecule has 45 heavy (non-hydrogen) atoms. The van der Waals surface area contributed by atoms with E-state index in [0.717, 1.165) is 12.1 Å². The Bertz CT molecular complexity index is 1730. The summed E-state index contributed by atoms with van der Waals surface area (Å²) in [5, 5.41) is 5.14. The van der Waals surface area contributed by atoms with Gasteiger partial charge in [0.05, 0.1) is 17.3 Å². The summed E-state index contributed by atoms with van der Waals surface area (Å²) in [5.41, 5.74) is 3.30. The van der Waals surface area contributed by atoms with Crippen molar-refractivity contribution in [1.82, 2.24) is 16.2 Å².